The SMILES string of the molecule is CCCCCCCCC(CCCCCC)(CCCCCCCC)C(CCCCCCCC)(CCCCCCCC)[N+](CCCCCCCC)(CCCCCCCC)CCCCCCCC. The van der Waals surface area contributed by atoms with Crippen molar-refractivity contribution in [2.75, 3.05) is 19.6 Å². The third-order valence-electron chi connectivity index (χ3n) is 17.1. The standard InChI is InChI=1S/C64H132N/c1-9-17-25-33-40-48-56-63(55-47-32-24-16-8,57-49-41-34-26-18-10-2)64(58-50-42-35-27-19-11-3,59-51-43-36-28-20-12-4)65(60-52-44-37-29-21-13-5,61-53-45-38-30-22-14-6)62-54-46-39-31-23-15-7/h9-62H2,1-8H3/q+1. The maximum atomic E-state index is 2.46. The molecule has 392 valence electrons. The zero-order valence-corrected chi connectivity index (χ0v) is 47.6. The van der Waals surface area contributed by atoms with Crippen LogP contribution in [0.1, 0.15) is 383 Å². The van der Waals surface area contributed by atoms with Crippen molar-refractivity contribution >= 4 is 0 Å². The molecule has 1 heteroatoms. The molecule has 0 heterocycles. The topological polar surface area (TPSA) is 0 Å². The molecule has 0 N–H and O–H groups in total. The van der Waals surface area contributed by atoms with E-state index in [0.29, 0.717) is 11.0 Å². The average molecular weight is 916 g/mol. The van der Waals surface area contributed by atoms with Crippen LogP contribution in [0.3, 0.4) is 0 Å². The van der Waals surface area contributed by atoms with Gasteiger partial charge in [-0.05, 0) is 70.6 Å². The summed E-state index contributed by atoms with van der Waals surface area (Å²) in [6, 6.07) is 0. The molecule has 0 aliphatic heterocycles. The fourth-order valence-electron chi connectivity index (χ4n) is 13.0. The molecule has 1 nitrogen and oxygen atoms in total. The highest BCUT2D eigenvalue weighted by atomic mass is 15.4. The van der Waals surface area contributed by atoms with Crippen molar-refractivity contribution in [1.29, 1.82) is 0 Å². The Morgan fingerprint density at radius 2 is 0.354 bits per heavy atom. The van der Waals surface area contributed by atoms with Crippen LogP contribution in [0, 0.1) is 5.41 Å². The molecule has 0 spiro atoms. The Morgan fingerprint density at radius 1 is 0.185 bits per heavy atom. The van der Waals surface area contributed by atoms with Crippen molar-refractivity contribution in [2.24, 2.45) is 5.41 Å². The van der Waals surface area contributed by atoms with Crippen molar-refractivity contribution in [3.63, 3.8) is 0 Å². The molecular formula is C64H132N+. The zero-order valence-electron chi connectivity index (χ0n) is 47.6. The summed E-state index contributed by atoms with van der Waals surface area (Å²) >= 11 is 0. The van der Waals surface area contributed by atoms with E-state index in [4.69, 9.17) is 0 Å². The Kier molecular flexibility index (Phi) is 48.9. The van der Waals surface area contributed by atoms with Gasteiger partial charge in [0.1, 0.15) is 5.54 Å². The Bertz CT molecular complexity index is 817. The third kappa shape index (κ3) is 31.7. The number of hydrogen-bond acceptors (Lipinski definition) is 0. The predicted octanol–water partition coefficient (Wildman–Crippen LogP) is 23.6. The fourth-order valence-corrected chi connectivity index (χ4v) is 13.0. The normalized spacial score (nSPS) is 12.6. The third-order valence-corrected chi connectivity index (χ3v) is 17.1. The highest BCUT2D eigenvalue weighted by Gasteiger charge is 2.60. The number of hydrogen-bond donors (Lipinski definition) is 0. The van der Waals surface area contributed by atoms with Crippen molar-refractivity contribution in [3.8, 4) is 0 Å². The summed E-state index contributed by atoms with van der Waals surface area (Å²) in [5.41, 5.74) is 0.910. The van der Waals surface area contributed by atoms with Crippen LogP contribution in [-0.2, 0) is 0 Å². The van der Waals surface area contributed by atoms with Gasteiger partial charge in [-0.2, -0.15) is 0 Å². The summed E-state index contributed by atoms with van der Waals surface area (Å²) in [7, 11) is 0. The lowest BCUT2D eigenvalue weighted by molar-refractivity contribution is -0.987. The van der Waals surface area contributed by atoms with E-state index in [1.807, 2.05) is 0 Å². The molecule has 0 amide bonds. The number of unbranched alkanes of at least 4 members (excludes halogenated alkanes) is 38. The lowest BCUT2D eigenvalue weighted by atomic mass is 9.55. The smallest absolute Gasteiger partial charge is 0.105 e. The first-order valence-corrected chi connectivity index (χ1v) is 31.8. The van der Waals surface area contributed by atoms with E-state index in [0.717, 1.165) is 0 Å². The highest BCUT2D eigenvalue weighted by Crippen LogP contribution is 2.57. The van der Waals surface area contributed by atoms with Crippen LogP contribution >= 0.6 is 0 Å². The summed E-state index contributed by atoms with van der Waals surface area (Å²) in [6.45, 7) is 23.9. The lowest BCUT2D eigenvalue weighted by Gasteiger charge is -2.63. The molecule has 0 bridgehead atoms. The molecule has 0 saturated carbocycles. The monoisotopic (exact) mass is 915 g/mol. The Balaban J connectivity index is 8.14. The van der Waals surface area contributed by atoms with E-state index in [1.165, 1.54) is 315 Å². The molecule has 0 saturated heterocycles. The first kappa shape index (κ1) is 65.0. The van der Waals surface area contributed by atoms with E-state index in [9.17, 15) is 0 Å². The van der Waals surface area contributed by atoms with Crippen molar-refractivity contribution in [1.82, 2.24) is 0 Å². The minimum absolute atomic E-state index is 0.428. The summed E-state index contributed by atoms with van der Waals surface area (Å²) in [4.78, 5) is 0. The number of rotatable bonds is 56. The van der Waals surface area contributed by atoms with Crippen molar-refractivity contribution in [2.45, 2.75) is 388 Å². The first-order chi connectivity index (χ1) is 32.0. The molecule has 0 fully saturated rings. The molecular weight excluding hydrogens is 783 g/mol. The quantitative estimate of drug-likeness (QED) is 0.0421. The van der Waals surface area contributed by atoms with Crippen LogP contribution in [0.15, 0.2) is 0 Å². The van der Waals surface area contributed by atoms with Gasteiger partial charge in [0.2, 0.25) is 0 Å². The predicted molar refractivity (Wildman–Crippen MR) is 301 cm³/mol. The molecule has 0 aliphatic carbocycles. The Labute approximate surface area is 416 Å². The minimum Gasteiger partial charge on any atom is -0.318 e. The molecule has 0 radical (unpaired) electrons. The molecule has 0 aromatic carbocycles. The van der Waals surface area contributed by atoms with E-state index in [2.05, 4.69) is 55.4 Å². The summed E-state index contributed by atoms with van der Waals surface area (Å²) < 4.78 is 1.55. The molecule has 65 heavy (non-hydrogen) atoms. The van der Waals surface area contributed by atoms with Crippen LogP contribution in [0.4, 0.5) is 0 Å². The van der Waals surface area contributed by atoms with E-state index in [1.54, 1.807) is 36.6 Å². The second-order valence-electron chi connectivity index (χ2n) is 22.8. The Morgan fingerprint density at radius 3 is 0.585 bits per heavy atom. The first-order valence-electron chi connectivity index (χ1n) is 31.8. The van der Waals surface area contributed by atoms with Crippen LogP contribution in [0.25, 0.3) is 0 Å². The largest absolute Gasteiger partial charge is 0.318 e. The van der Waals surface area contributed by atoms with Gasteiger partial charge < -0.3 is 4.48 Å². The molecule has 0 aromatic rings. The lowest BCUT2D eigenvalue weighted by Crippen LogP contribution is -2.72. The average Bonchev–Trinajstić information content (AvgIpc) is 3.31. The molecule has 0 aliphatic rings. The number of quaternary nitrogens is 1. The minimum atomic E-state index is 0.428. The van der Waals surface area contributed by atoms with Crippen LogP contribution < -0.4 is 0 Å². The van der Waals surface area contributed by atoms with Gasteiger partial charge in [0.25, 0.3) is 0 Å². The Hall–Kier alpha value is -0.0400. The van der Waals surface area contributed by atoms with Gasteiger partial charge in [-0.25, -0.2) is 0 Å². The summed E-state index contributed by atoms with van der Waals surface area (Å²) in [5.74, 6) is 0. The van der Waals surface area contributed by atoms with Gasteiger partial charge in [0, 0.05) is 18.3 Å². The molecule has 0 atom stereocenters. The van der Waals surface area contributed by atoms with Gasteiger partial charge in [-0.1, -0.05) is 299 Å². The van der Waals surface area contributed by atoms with Crippen molar-refractivity contribution in [3.05, 3.63) is 0 Å². The summed E-state index contributed by atoms with van der Waals surface area (Å²) in [6.07, 6.45) is 74.7. The van der Waals surface area contributed by atoms with Gasteiger partial charge in [-0.3, -0.25) is 0 Å². The van der Waals surface area contributed by atoms with E-state index < -0.39 is 0 Å². The van der Waals surface area contributed by atoms with Gasteiger partial charge >= 0.3 is 0 Å². The summed E-state index contributed by atoms with van der Waals surface area (Å²) in [5, 5.41) is 0. The van der Waals surface area contributed by atoms with Gasteiger partial charge in [0.05, 0.1) is 19.6 Å². The molecule has 0 rings (SSSR count). The van der Waals surface area contributed by atoms with E-state index in [-0.39, 0.29) is 0 Å². The molecule has 0 unspecified atom stereocenters. The van der Waals surface area contributed by atoms with Gasteiger partial charge in [-0.15, -0.1) is 0 Å². The van der Waals surface area contributed by atoms with Crippen molar-refractivity contribution < 1.29 is 4.48 Å². The second-order valence-corrected chi connectivity index (χ2v) is 22.8. The van der Waals surface area contributed by atoms with Crippen LogP contribution in [0.5, 0.6) is 0 Å². The maximum absolute atomic E-state index is 2.46. The zero-order chi connectivity index (χ0) is 47.7. The maximum Gasteiger partial charge on any atom is 0.105 e. The van der Waals surface area contributed by atoms with Gasteiger partial charge in [0.15, 0.2) is 0 Å². The number of nitrogens with zero attached hydrogens (tertiary/aromatic N) is 1. The van der Waals surface area contributed by atoms with E-state index >= 15 is 0 Å². The fraction of sp³-hybridized carbons (Fsp3) is 1.00. The second kappa shape index (κ2) is 49.0. The van der Waals surface area contributed by atoms with Crippen LogP contribution in [-0.4, -0.2) is 29.7 Å². The molecule has 0 aromatic heterocycles. The van der Waals surface area contributed by atoms with Crippen LogP contribution in [0.2, 0.25) is 0 Å². The highest BCUT2D eigenvalue weighted by molar-refractivity contribution is 5.02.